The fraction of sp³-hybridized carbons (Fsp3) is 0.762. The standard InChI is InChI=1S/C21H38O2/c1-2-3-4-5-6-7-8-9-10-11-12-13-14-15-16-17-18-19-20-21(22)23/h2,14-15H,1,3-13,16-20H2,(H,22,23)/b15-14-. The molecule has 0 spiro atoms. The van der Waals surface area contributed by atoms with Gasteiger partial charge < -0.3 is 5.11 Å². The van der Waals surface area contributed by atoms with E-state index in [0.717, 1.165) is 25.7 Å². The van der Waals surface area contributed by atoms with E-state index in [1.807, 2.05) is 6.08 Å². The van der Waals surface area contributed by atoms with Crippen LogP contribution >= 0.6 is 0 Å². The average molecular weight is 323 g/mol. The Bertz CT molecular complexity index is 294. The third-order valence-corrected chi connectivity index (χ3v) is 4.21. The van der Waals surface area contributed by atoms with Crippen molar-refractivity contribution in [2.75, 3.05) is 0 Å². The van der Waals surface area contributed by atoms with Crippen LogP contribution in [0, 0.1) is 0 Å². The quantitative estimate of drug-likeness (QED) is 0.217. The van der Waals surface area contributed by atoms with Crippen LogP contribution in [0.2, 0.25) is 0 Å². The van der Waals surface area contributed by atoms with E-state index in [4.69, 9.17) is 5.11 Å². The van der Waals surface area contributed by atoms with Crippen LogP contribution in [0.15, 0.2) is 24.8 Å². The van der Waals surface area contributed by atoms with Crippen molar-refractivity contribution >= 4 is 5.97 Å². The molecule has 0 aliphatic heterocycles. The van der Waals surface area contributed by atoms with E-state index >= 15 is 0 Å². The van der Waals surface area contributed by atoms with Crippen LogP contribution in [0.3, 0.4) is 0 Å². The lowest BCUT2D eigenvalue weighted by Crippen LogP contribution is -1.93. The molecule has 0 fully saturated rings. The number of unbranched alkanes of at least 4 members (excludes halogenated alkanes) is 13. The van der Waals surface area contributed by atoms with Gasteiger partial charge in [0, 0.05) is 6.42 Å². The molecule has 134 valence electrons. The molecule has 0 aliphatic rings. The van der Waals surface area contributed by atoms with Gasteiger partial charge in [0.1, 0.15) is 0 Å². The highest BCUT2D eigenvalue weighted by atomic mass is 16.4. The first kappa shape index (κ1) is 21.9. The summed E-state index contributed by atoms with van der Waals surface area (Å²) >= 11 is 0. The van der Waals surface area contributed by atoms with Gasteiger partial charge in [-0.3, -0.25) is 4.79 Å². The Labute approximate surface area is 144 Å². The molecule has 1 N–H and O–H groups in total. The molecule has 2 nitrogen and oxygen atoms in total. The minimum absolute atomic E-state index is 0.318. The third-order valence-electron chi connectivity index (χ3n) is 4.21. The van der Waals surface area contributed by atoms with Gasteiger partial charge in [0.2, 0.25) is 0 Å². The molecule has 23 heavy (non-hydrogen) atoms. The Kier molecular flexibility index (Phi) is 18.1. The first-order valence-corrected chi connectivity index (χ1v) is 9.75. The summed E-state index contributed by atoms with van der Waals surface area (Å²) in [5.41, 5.74) is 0. The van der Waals surface area contributed by atoms with Crippen LogP contribution in [0.25, 0.3) is 0 Å². The molecule has 0 aromatic rings. The minimum atomic E-state index is -0.673. The zero-order chi connectivity index (χ0) is 17.0. The predicted octanol–water partition coefficient (Wildman–Crippen LogP) is 7.05. The smallest absolute Gasteiger partial charge is 0.303 e. The number of carboxylic acids is 1. The summed E-state index contributed by atoms with van der Waals surface area (Å²) in [5.74, 6) is -0.673. The van der Waals surface area contributed by atoms with Gasteiger partial charge >= 0.3 is 5.97 Å². The van der Waals surface area contributed by atoms with Crippen LogP contribution < -0.4 is 0 Å². The van der Waals surface area contributed by atoms with Gasteiger partial charge in [-0.25, -0.2) is 0 Å². The number of hydrogen-bond acceptors (Lipinski definition) is 1. The number of aliphatic carboxylic acids is 1. The predicted molar refractivity (Wildman–Crippen MR) is 101 cm³/mol. The lowest BCUT2D eigenvalue weighted by Gasteiger charge is -2.01. The van der Waals surface area contributed by atoms with Gasteiger partial charge in [0.15, 0.2) is 0 Å². The monoisotopic (exact) mass is 322 g/mol. The number of hydrogen-bond donors (Lipinski definition) is 1. The fourth-order valence-electron chi connectivity index (χ4n) is 2.74. The average Bonchev–Trinajstić information content (AvgIpc) is 2.53. The zero-order valence-corrected chi connectivity index (χ0v) is 15.1. The Morgan fingerprint density at radius 2 is 1.04 bits per heavy atom. The van der Waals surface area contributed by atoms with Crippen LogP contribution in [0.5, 0.6) is 0 Å². The van der Waals surface area contributed by atoms with Gasteiger partial charge in [-0.15, -0.1) is 6.58 Å². The molecule has 0 amide bonds. The zero-order valence-electron chi connectivity index (χ0n) is 15.1. The molecule has 0 saturated carbocycles. The summed E-state index contributed by atoms with van der Waals surface area (Å²) in [7, 11) is 0. The molecule has 0 aliphatic carbocycles. The summed E-state index contributed by atoms with van der Waals surface area (Å²) in [5, 5.41) is 8.53. The van der Waals surface area contributed by atoms with Crippen molar-refractivity contribution in [1.82, 2.24) is 0 Å². The van der Waals surface area contributed by atoms with Gasteiger partial charge in [-0.2, -0.15) is 0 Å². The van der Waals surface area contributed by atoms with Crippen molar-refractivity contribution in [3.8, 4) is 0 Å². The van der Waals surface area contributed by atoms with Gasteiger partial charge in [-0.05, 0) is 44.9 Å². The second-order valence-electron chi connectivity index (χ2n) is 6.51. The van der Waals surface area contributed by atoms with E-state index in [9.17, 15) is 4.79 Å². The number of allylic oxidation sites excluding steroid dienone is 3. The Morgan fingerprint density at radius 3 is 1.48 bits per heavy atom. The molecular formula is C21H38O2. The van der Waals surface area contributed by atoms with E-state index < -0.39 is 5.97 Å². The third kappa shape index (κ3) is 21.0. The maximum atomic E-state index is 10.4. The molecule has 0 aromatic carbocycles. The molecule has 0 rings (SSSR count). The number of carbonyl (C=O) groups is 1. The Hall–Kier alpha value is -1.05. The van der Waals surface area contributed by atoms with Gasteiger partial charge in [0.05, 0.1) is 0 Å². The van der Waals surface area contributed by atoms with Crippen LogP contribution in [0.1, 0.15) is 103 Å². The lowest BCUT2D eigenvalue weighted by atomic mass is 10.1. The van der Waals surface area contributed by atoms with Crippen molar-refractivity contribution in [1.29, 1.82) is 0 Å². The molecule has 0 atom stereocenters. The number of rotatable bonds is 18. The van der Waals surface area contributed by atoms with Gasteiger partial charge in [0.25, 0.3) is 0 Å². The second-order valence-corrected chi connectivity index (χ2v) is 6.51. The Morgan fingerprint density at radius 1 is 0.652 bits per heavy atom. The largest absolute Gasteiger partial charge is 0.481 e. The minimum Gasteiger partial charge on any atom is -0.481 e. The molecule has 0 saturated heterocycles. The molecule has 0 aromatic heterocycles. The van der Waals surface area contributed by atoms with E-state index in [1.165, 1.54) is 70.6 Å². The summed E-state index contributed by atoms with van der Waals surface area (Å²) in [4.78, 5) is 10.4. The first-order chi connectivity index (χ1) is 11.3. The topological polar surface area (TPSA) is 37.3 Å². The molecule has 0 radical (unpaired) electrons. The summed E-state index contributed by atoms with van der Waals surface area (Å²) < 4.78 is 0. The van der Waals surface area contributed by atoms with Crippen molar-refractivity contribution < 1.29 is 9.90 Å². The van der Waals surface area contributed by atoms with Crippen LogP contribution in [-0.2, 0) is 4.79 Å². The molecular weight excluding hydrogens is 284 g/mol. The molecule has 2 heteroatoms. The first-order valence-electron chi connectivity index (χ1n) is 9.75. The Balaban J connectivity index is 3.08. The van der Waals surface area contributed by atoms with Crippen molar-refractivity contribution in [3.05, 3.63) is 24.8 Å². The highest BCUT2D eigenvalue weighted by Crippen LogP contribution is 2.12. The lowest BCUT2D eigenvalue weighted by molar-refractivity contribution is -0.137. The van der Waals surface area contributed by atoms with E-state index in [1.54, 1.807) is 0 Å². The fourth-order valence-corrected chi connectivity index (χ4v) is 2.74. The van der Waals surface area contributed by atoms with Crippen LogP contribution in [-0.4, -0.2) is 11.1 Å². The maximum Gasteiger partial charge on any atom is 0.303 e. The van der Waals surface area contributed by atoms with Crippen LogP contribution in [0.4, 0.5) is 0 Å². The highest BCUT2D eigenvalue weighted by Gasteiger charge is 1.95. The van der Waals surface area contributed by atoms with E-state index in [2.05, 4.69) is 18.7 Å². The van der Waals surface area contributed by atoms with E-state index in [-0.39, 0.29) is 0 Å². The summed E-state index contributed by atoms with van der Waals surface area (Å²) in [6.07, 6.45) is 25.7. The maximum absolute atomic E-state index is 10.4. The highest BCUT2D eigenvalue weighted by molar-refractivity contribution is 5.66. The normalized spacial score (nSPS) is 11.1. The number of carboxylic acid groups (broad SMARTS) is 1. The molecule has 0 heterocycles. The van der Waals surface area contributed by atoms with Crippen molar-refractivity contribution in [3.63, 3.8) is 0 Å². The second kappa shape index (κ2) is 19.0. The molecule has 0 unspecified atom stereocenters. The van der Waals surface area contributed by atoms with Gasteiger partial charge in [-0.1, -0.05) is 69.6 Å². The SMILES string of the molecule is C=CCCCCCCCCCCC/C=C\CCCCCC(=O)O. The summed E-state index contributed by atoms with van der Waals surface area (Å²) in [6.45, 7) is 3.75. The van der Waals surface area contributed by atoms with E-state index in [0.29, 0.717) is 6.42 Å². The van der Waals surface area contributed by atoms with Crippen molar-refractivity contribution in [2.24, 2.45) is 0 Å². The summed E-state index contributed by atoms with van der Waals surface area (Å²) in [6, 6.07) is 0. The van der Waals surface area contributed by atoms with Crippen molar-refractivity contribution in [2.45, 2.75) is 103 Å². The molecule has 0 bridgehead atoms.